The van der Waals surface area contributed by atoms with E-state index in [-0.39, 0.29) is 30.2 Å². The minimum atomic E-state index is -0.354. The zero-order chi connectivity index (χ0) is 18.6. The first-order valence-corrected chi connectivity index (χ1v) is 8.91. The number of piperidine rings is 1. The van der Waals surface area contributed by atoms with E-state index in [1.807, 2.05) is 19.9 Å². The van der Waals surface area contributed by atoms with Crippen LogP contribution in [-0.4, -0.2) is 42.2 Å². The predicted octanol–water partition coefficient (Wildman–Crippen LogP) is 1.94. The number of benzene rings is 1. The summed E-state index contributed by atoms with van der Waals surface area (Å²) in [6.07, 6.45) is 1.01. The highest BCUT2D eigenvalue weighted by atomic mass is 16.5. The van der Waals surface area contributed by atoms with Gasteiger partial charge in [-0.05, 0) is 56.4 Å². The lowest BCUT2D eigenvalue weighted by Gasteiger charge is -2.21. The van der Waals surface area contributed by atoms with Gasteiger partial charge in [-0.15, -0.1) is 0 Å². The number of aliphatic hydroxyl groups is 1. The number of carbonyl (C=O) groups excluding carboxylic acids is 1. The molecule has 2 fully saturated rings. The van der Waals surface area contributed by atoms with E-state index >= 15 is 0 Å². The Labute approximate surface area is 151 Å². The Morgan fingerprint density at radius 2 is 2.12 bits per heavy atom. The Morgan fingerprint density at radius 3 is 2.81 bits per heavy atom. The second-order valence-corrected chi connectivity index (χ2v) is 7.76. The summed E-state index contributed by atoms with van der Waals surface area (Å²) in [7, 11) is 0. The third-order valence-corrected chi connectivity index (χ3v) is 5.98. The number of carbonyl (C=O) groups is 1. The fourth-order valence-electron chi connectivity index (χ4n) is 4.06. The molecule has 1 saturated carbocycles. The molecule has 1 aliphatic heterocycles. The predicted molar refractivity (Wildman–Crippen MR) is 96.4 cm³/mol. The van der Waals surface area contributed by atoms with Crippen molar-refractivity contribution in [1.29, 1.82) is 0 Å². The summed E-state index contributed by atoms with van der Waals surface area (Å²) in [4.78, 5) is 26.2. The van der Waals surface area contributed by atoms with Gasteiger partial charge in [-0.2, -0.15) is 0 Å². The van der Waals surface area contributed by atoms with Gasteiger partial charge in [-0.3, -0.25) is 4.79 Å². The van der Waals surface area contributed by atoms with Crippen LogP contribution in [0.15, 0.2) is 21.3 Å². The van der Waals surface area contributed by atoms with Crippen LogP contribution in [0.3, 0.4) is 0 Å². The molecule has 6 heteroatoms. The first-order chi connectivity index (χ1) is 12.3. The van der Waals surface area contributed by atoms with E-state index in [0.717, 1.165) is 22.9 Å². The Kier molecular flexibility index (Phi) is 3.84. The number of fused-ring (bicyclic) bond motifs is 2. The van der Waals surface area contributed by atoms with Crippen LogP contribution in [0.1, 0.15) is 23.1 Å². The molecule has 1 aliphatic carbocycles. The molecule has 26 heavy (non-hydrogen) atoms. The molecule has 0 bridgehead atoms. The molecule has 0 radical (unpaired) electrons. The van der Waals surface area contributed by atoms with Crippen molar-refractivity contribution in [3.05, 3.63) is 39.2 Å². The molecule has 0 unspecified atom stereocenters. The van der Waals surface area contributed by atoms with Crippen LogP contribution < -0.4 is 10.4 Å². The molecule has 2 aromatic rings. The highest BCUT2D eigenvalue weighted by molar-refractivity contribution is 5.88. The number of rotatable bonds is 4. The molecule has 1 amide bonds. The average molecular weight is 357 g/mol. The molecule has 2 heterocycles. The van der Waals surface area contributed by atoms with E-state index in [2.05, 4.69) is 0 Å². The van der Waals surface area contributed by atoms with Crippen LogP contribution in [0, 0.1) is 32.1 Å². The number of likely N-dealkylation sites (tertiary alicyclic amines) is 1. The zero-order valence-corrected chi connectivity index (χ0v) is 15.3. The molecule has 0 spiro atoms. The van der Waals surface area contributed by atoms with Gasteiger partial charge in [0.05, 0.1) is 12.0 Å². The van der Waals surface area contributed by atoms with E-state index in [4.69, 9.17) is 9.15 Å². The number of hydrogen-bond donors (Lipinski definition) is 1. The third-order valence-electron chi connectivity index (χ3n) is 5.98. The lowest BCUT2D eigenvalue weighted by atomic mass is 10.0. The maximum atomic E-state index is 12.5. The Hall–Kier alpha value is -2.34. The summed E-state index contributed by atoms with van der Waals surface area (Å²) in [5.74, 6) is 0.904. The van der Waals surface area contributed by atoms with Crippen molar-refractivity contribution in [3.63, 3.8) is 0 Å². The van der Waals surface area contributed by atoms with Crippen molar-refractivity contribution in [1.82, 2.24) is 4.90 Å². The van der Waals surface area contributed by atoms with Crippen molar-refractivity contribution in [2.45, 2.75) is 27.2 Å². The number of aryl methyl sites for hydroxylation is 2. The van der Waals surface area contributed by atoms with Gasteiger partial charge in [0.25, 0.3) is 5.91 Å². The molecular weight excluding hydrogens is 334 g/mol. The average Bonchev–Trinajstić information content (AvgIpc) is 3.17. The van der Waals surface area contributed by atoms with Crippen LogP contribution in [0.5, 0.6) is 5.75 Å². The summed E-state index contributed by atoms with van der Waals surface area (Å²) >= 11 is 0. The lowest BCUT2D eigenvalue weighted by molar-refractivity contribution is -0.133. The fourth-order valence-corrected chi connectivity index (χ4v) is 4.06. The van der Waals surface area contributed by atoms with Crippen molar-refractivity contribution in [2.75, 3.05) is 26.3 Å². The van der Waals surface area contributed by atoms with E-state index < -0.39 is 0 Å². The Balaban J connectivity index is 1.57. The normalized spacial score (nSPS) is 24.0. The van der Waals surface area contributed by atoms with E-state index in [1.165, 1.54) is 0 Å². The molecule has 1 aromatic heterocycles. The van der Waals surface area contributed by atoms with E-state index in [0.29, 0.717) is 35.9 Å². The van der Waals surface area contributed by atoms with Gasteiger partial charge in [-0.25, -0.2) is 4.79 Å². The van der Waals surface area contributed by atoms with E-state index in [9.17, 15) is 14.7 Å². The summed E-state index contributed by atoms with van der Waals surface area (Å²) in [5.41, 5.74) is 2.30. The van der Waals surface area contributed by atoms with Gasteiger partial charge in [-0.1, -0.05) is 0 Å². The number of aliphatic hydroxyl groups excluding tert-OH is 1. The van der Waals surface area contributed by atoms with Crippen LogP contribution in [0.25, 0.3) is 11.0 Å². The van der Waals surface area contributed by atoms with Gasteiger partial charge in [0.2, 0.25) is 0 Å². The maximum absolute atomic E-state index is 12.5. The molecule has 2 atom stereocenters. The minimum Gasteiger partial charge on any atom is -0.483 e. The third kappa shape index (κ3) is 2.60. The monoisotopic (exact) mass is 357 g/mol. The second kappa shape index (κ2) is 5.84. The van der Waals surface area contributed by atoms with Gasteiger partial charge in [0, 0.05) is 24.1 Å². The minimum absolute atomic E-state index is 0.0651. The maximum Gasteiger partial charge on any atom is 0.339 e. The molecule has 1 aromatic carbocycles. The largest absolute Gasteiger partial charge is 0.483 e. The quantitative estimate of drug-likeness (QED) is 0.846. The topological polar surface area (TPSA) is 80.0 Å². The summed E-state index contributed by atoms with van der Waals surface area (Å²) in [6.45, 7) is 6.86. The molecule has 1 saturated heterocycles. The first-order valence-electron chi connectivity index (χ1n) is 8.91. The van der Waals surface area contributed by atoms with Crippen LogP contribution in [0.4, 0.5) is 0 Å². The first kappa shape index (κ1) is 17.1. The molecule has 4 rings (SSSR count). The second-order valence-electron chi connectivity index (χ2n) is 7.76. The van der Waals surface area contributed by atoms with Crippen LogP contribution >= 0.6 is 0 Å². The summed E-state index contributed by atoms with van der Waals surface area (Å²) < 4.78 is 11.2. The number of hydrogen-bond acceptors (Lipinski definition) is 5. The highest BCUT2D eigenvalue weighted by Crippen LogP contribution is 2.57. The van der Waals surface area contributed by atoms with Crippen LogP contribution in [-0.2, 0) is 4.79 Å². The number of ether oxygens (including phenoxy) is 1. The smallest absolute Gasteiger partial charge is 0.339 e. The Morgan fingerprint density at radius 1 is 1.35 bits per heavy atom. The van der Waals surface area contributed by atoms with Crippen molar-refractivity contribution < 1.29 is 19.1 Å². The van der Waals surface area contributed by atoms with Crippen molar-refractivity contribution in [3.8, 4) is 5.75 Å². The summed E-state index contributed by atoms with van der Waals surface area (Å²) in [5, 5.41) is 10.2. The molecule has 138 valence electrons. The highest BCUT2D eigenvalue weighted by Gasteiger charge is 2.60. The van der Waals surface area contributed by atoms with Gasteiger partial charge >= 0.3 is 5.63 Å². The SMILES string of the molecule is Cc1cc(OCC(=O)N2C[C@H]3C[C@@]3(CO)C2)c2c(C)c(C)c(=O)oc2c1. The van der Waals surface area contributed by atoms with Crippen molar-refractivity contribution in [2.24, 2.45) is 11.3 Å². The summed E-state index contributed by atoms with van der Waals surface area (Å²) in [6, 6.07) is 3.66. The van der Waals surface area contributed by atoms with Gasteiger partial charge < -0.3 is 19.2 Å². The van der Waals surface area contributed by atoms with Gasteiger partial charge in [0.15, 0.2) is 6.61 Å². The standard InChI is InChI=1S/C20H23NO5/c1-11-4-15(18-12(2)13(3)19(24)26-16(18)5-11)25-8-17(23)21-7-14-6-20(14,9-21)10-22/h4-5,14,22H,6-10H2,1-3H3/t14-,20+/m1/s1. The fraction of sp³-hybridized carbons (Fsp3) is 0.500. The van der Waals surface area contributed by atoms with Gasteiger partial charge in [0.1, 0.15) is 11.3 Å². The van der Waals surface area contributed by atoms with Crippen LogP contribution in [0.2, 0.25) is 0 Å². The molecule has 6 nitrogen and oxygen atoms in total. The lowest BCUT2D eigenvalue weighted by Crippen LogP contribution is -2.36. The number of amides is 1. The molecular formula is C20H23NO5. The Bertz CT molecular complexity index is 959. The van der Waals surface area contributed by atoms with Crippen molar-refractivity contribution >= 4 is 16.9 Å². The molecule has 1 N–H and O–H groups in total. The van der Waals surface area contributed by atoms with E-state index in [1.54, 1.807) is 17.9 Å². The number of nitrogens with zero attached hydrogens (tertiary/aromatic N) is 1. The molecule has 2 aliphatic rings. The zero-order valence-electron chi connectivity index (χ0n) is 15.3.